The van der Waals surface area contributed by atoms with Gasteiger partial charge in [0.15, 0.2) is 4.84 Å². The molecule has 56 heavy (non-hydrogen) atoms. The van der Waals surface area contributed by atoms with Crippen LogP contribution in [0, 0.1) is 10.1 Å². The molecule has 2 amide bonds. The Morgan fingerprint density at radius 3 is 2.18 bits per heavy atom. The normalized spacial score (nSPS) is 12.8. The Bertz CT molecular complexity index is 1980. The number of rotatable bonds is 11. The van der Waals surface area contributed by atoms with Gasteiger partial charge in [-0.25, -0.2) is 4.79 Å². The fourth-order valence-corrected chi connectivity index (χ4v) is 6.26. The number of fused-ring (bicyclic) bond motifs is 1. The van der Waals surface area contributed by atoms with E-state index < -0.39 is 15.7 Å². The molecule has 1 heterocycles. The number of anilines is 2. The molecule has 1 aliphatic heterocycles. The zero-order valence-electron chi connectivity index (χ0n) is 31.1. The van der Waals surface area contributed by atoms with Crippen LogP contribution in [0.25, 0.3) is 0 Å². The van der Waals surface area contributed by atoms with Crippen LogP contribution in [-0.2, 0) is 31.9 Å². The Morgan fingerprint density at radius 2 is 1.62 bits per heavy atom. The van der Waals surface area contributed by atoms with Crippen LogP contribution in [0.1, 0.15) is 42.3 Å². The number of hydrogen-bond acceptors (Lipinski definition) is 9. The highest BCUT2D eigenvalue weighted by molar-refractivity contribution is 6.54. The number of alkyl halides is 3. The number of aryl methyl sites for hydroxylation is 2. The fourth-order valence-electron chi connectivity index (χ4n) is 5.46. The molecule has 1 aliphatic rings. The van der Waals surface area contributed by atoms with Crippen LogP contribution in [-0.4, -0.2) is 67.0 Å². The number of ether oxygens (including phenoxy) is 4. The molecule has 12 nitrogen and oxygen atoms in total. The molecule has 0 saturated carbocycles. The molecule has 0 N–H and O–H groups in total. The molecule has 0 spiro atoms. The third-order valence-electron chi connectivity index (χ3n) is 8.07. The van der Waals surface area contributed by atoms with Crippen molar-refractivity contribution in [2.45, 2.75) is 44.5 Å². The van der Waals surface area contributed by atoms with E-state index in [0.717, 1.165) is 48.5 Å². The van der Waals surface area contributed by atoms with Crippen molar-refractivity contribution in [1.82, 2.24) is 0 Å². The third kappa shape index (κ3) is 12.1. The van der Waals surface area contributed by atoms with Gasteiger partial charge in [-0.3, -0.25) is 24.6 Å². The summed E-state index contributed by atoms with van der Waals surface area (Å²) in [4.78, 5) is 47.9. The molecule has 5 rings (SSSR count). The monoisotopic (exact) mass is 869 g/mol. The highest BCUT2D eigenvalue weighted by Gasteiger charge is 2.32. The van der Waals surface area contributed by atoms with Crippen LogP contribution in [0.3, 0.4) is 0 Å². The van der Waals surface area contributed by atoms with E-state index in [2.05, 4.69) is 18.6 Å². The standard InChI is InChI=1S/C14H9Cl2NO5.C14H20ClNO2.C11H11Cl2NO2/c1-21-14(18)10-7-9(3-4-12(10)17(19)20)22-13-5-2-8(15)6-11(13)16;1-4-11-7-6-8-12(5-2)14(11)16(10-18-3)13(17)9-15;1-7-6-16-9-5-3-2-4-8(9)14(7)11(15)10(12)13/h2-7H,1H3;6-8H,4-5,9-10H2,1-3H3;2-5,7,10H,6H2,1H3. The average molecular weight is 872 g/mol. The lowest BCUT2D eigenvalue weighted by atomic mass is 10.0. The van der Waals surface area contributed by atoms with Crippen molar-refractivity contribution in [1.29, 1.82) is 0 Å². The summed E-state index contributed by atoms with van der Waals surface area (Å²) in [6, 6.07) is 21.7. The second-order valence-electron chi connectivity index (χ2n) is 11.7. The van der Waals surface area contributed by atoms with E-state index >= 15 is 0 Å². The van der Waals surface area contributed by atoms with Gasteiger partial charge in [0.05, 0.1) is 34.5 Å². The smallest absolute Gasteiger partial charge is 0.345 e. The van der Waals surface area contributed by atoms with Gasteiger partial charge in [0.1, 0.15) is 42.0 Å². The summed E-state index contributed by atoms with van der Waals surface area (Å²) in [5, 5.41) is 11.6. The summed E-state index contributed by atoms with van der Waals surface area (Å²) in [5.41, 5.74) is 3.37. The zero-order chi connectivity index (χ0) is 41.5. The van der Waals surface area contributed by atoms with E-state index in [9.17, 15) is 24.5 Å². The topological polar surface area (TPSA) is 138 Å². The highest BCUT2D eigenvalue weighted by atomic mass is 35.5. The Morgan fingerprint density at radius 1 is 0.964 bits per heavy atom. The molecule has 0 bridgehead atoms. The van der Waals surface area contributed by atoms with Crippen molar-refractivity contribution in [3.63, 3.8) is 0 Å². The van der Waals surface area contributed by atoms with Crippen molar-refractivity contribution in [3.8, 4) is 17.2 Å². The summed E-state index contributed by atoms with van der Waals surface area (Å²) in [6.07, 6.45) is 1.75. The number of nitrogens with zero attached hydrogens (tertiary/aromatic N) is 3. The number of benzene rings is 4. The lowest BCUT2D eigenvalue weighted by molar-refractivity contribution is -0.385. The van der Waals surface area contributed by atoms with E-state index in [0.29, 0.717) is 23.1 Å². The number of carbonyl (C=O) groups excluding carboxylic acids is 3. The van der Waals surface area contributed by atoms with Crippen LogP contribution in [0.2, 0.25) is 10.0 Å². The van der Waals surface area contributed by atoms with E-state index in [1.54, 1.807) is 29.0 Å². The summed E-state index contributed by atoms with van der Waals surface area (Å²) in [5.74, 6) is -0.126. The number of para-hydroxylation sites is 3. The molecule has 1 atom stereocenters. The van der Waals surface area contributed by atoms with Crippen LogP contribution in [0.4, 0.5) is 17.1 Å². The Kier molecular flexibility index (Phi) is 18.5. The van der Waals surface area contributed by atoms with Crippen LogP contribution < -0.4 is 19.3 Å². The van der Waals surface area contributed by atoms with E-state index in [4.69, 9.17) is 72.2 Å². The molecule has 0 aliphatic carbocycles. The van der Waals surface area contributed by atoms with Crippen LogP contribution >= 0.6 is 58.0 Å². The molecule has 300 valence electrons. The molecule has 1 unspecified atom stereocenters. The van der Waals surface area contributed by atoms with Gasteiger partial charge in [0, 0.05) is 24.3 Å². The van der Waals surface area contributed by atoms with Crippen molar-refractivity contribution in [2.75, 3.05) is 43.2 Å². The molecular weight excluding hydrogens is 832 g/mol. The zero-order valence-corrected chi connectivity index (χ0v) is 34.9. The van der Waals surface area contributed by atoms with Crippen LogP contribution in [0.5, 0.6) is 17.2 Å². The number of nitro groups is 1. The summed E-state index contributed by atoms with van der Waals surface area (Å²) >= 11 is 28.7. The Labute approximate surface area is 350 Å². The maximum atomic E-state index is 12.0. The lowest BCUT2D eigenvalue weighted by Gasteiger charge is -2.35. The number of hydrogen-bond donors (Lipinski definition) is 0. The second-order valence-corrected chi connectivity index (χ2v) is 14.0. The van der Waals surface area contributed by atoms with Gasteiger partial charge >= 0.3 is 5.97 Å². The molecule has 4 aromatic carbocycles. The average Bonchev–Trinajstić information content (AvgIpc) is 3.20. The van der Waals surface area contributed by atoms with Gasteiger partial charge in [-0.15, -0.1) is 11.6 Å². The molecular formula is C39H40Cl5N3O9. The summed E-state index contributed by atoms with van der Waals surface area (Å²) < 4.78 is 20.7. The predicted molar refractivity (Wildman–Crippen MR) is 221 cm³/mol. The number of carbonyl (C=O) groups is 3. The number of methoxy groups -OCH3 is 2. The van der Waals surface area contributed by atoms with Crippen molar-refractivity contribution in [2.24, 2.45) is 0 Å². The van der Waals surface area contributed by atoms with E-state index in [1.807, 2.05) is 49.4 Å². The lowest BCUT2D eigenvalue weighted by Crippen LogP contribution is -2.47. The van der Waals surface area contributed by atoms with Crippen molar-refractivity contribution >= 4 is 92.9 Å². The fraction of sp³-hybridized carbons (Fsp3) is 0.308. The van der Waals surface area contributed by atoms with Gasteiger partial charge in [0.25, 0.3) is 11.6 Å². The maximum Gasteiger partial charge on any atom is 0.345 e. The van der Waals surface area contributed by atoms with Crippen molar-refractivity contribution < 1.29 is 38.3 Å². The first kappa shape index (κ1) is 46.1. The second kappa shape index (κ2) is 22.4. The largest absolute Gasteiger partial charge is 0.489 e. The molecule has 0 aromatic heterocycles. The maximum absolute atomic E-state index is 12.0. The Balaban J connectivity index is 0.000000228. The molecule has 0 radical (unpaired) electrons. The predicted octanol–water partition coefficient (Wildman–Crippen LogP) is 10.1. The third-order valence-corrected chi connectivity index (χ3v) is 9.20. The Hall–Kier alpha value is -4.30. The molecule has 4 aromatic rings. The van der Waals surface area contributed by atoms with Crippen LogP contribution in [0.15, 0.2) is 78.9 Å². The first-order chi connectivity index (χ1) is 26.7. The summed E-state index contributed by atoms with van der Waals surface area (Å²) in [6.45, 7) is 6.73. The van der Waals surface area contributed by atoms with E-state index in [-0.39, 0.29) is 52.5 Å². The quantitative estimate of drug-likeness (QED) is 0.0474. The van der Waals surface area contributed by atoms with Gasteiger partial charge in [-0.2, -0.15) is 0 Å². The number of halogens is 5. The number of esters is 1. The summed E-state index contributed by atoms with van der Waals surface area (Å²) in [7, 11) is 2.71. The number of nitro benzene ring substituents is 1. The van der Waals surface area contributed by atoms with Gasteiger partial charge in [-0.05, 0) is 67.3 Å². The van der Waals surface area contributed by atoms with E-state index in [1.165, 1.54) is 18.2 Å². The molecule has 0 saturated heterocycles. The minimum Gasteiger partial charge on any atom is -0.489 e. The number of amides is 2. The van der Waals surface area contributed by atoms with Gasteiger partial charge < -0.3 is 23.8 Å². The highest BCUT2D eigenvalue weighted by Crippen LogP contribution is 2.35. The van der Waals surface area contributed by atoms with Gasteiger partial charge in [0.2, 0.25) is 5.91 Å². The molecule has 0 fully saturated rings. The van der Waals surface area contributed by atoms with Crippen molar-refractivity contribution in [3.05, 3.63) is 116 Å². The SMILES string of the molecule is CC1COc2ccccc2N1C(=O)C(Cl)Cl.CCc1cccc(CC)c1N(COC)C(=O)CCl.COC(=O)c1cc(Oc2ccc(Cl)cc2Cl)ccc1[N+](=O)[O-]. The molecule has 17 heteroatoms. The minimum atomic E-state index is -1.05. The minimum absolute atomic E-state index is 0.0371. The first-order valence-electron chi connectivity index (χ1n) is 17.0. The first-order valence-corrected chi connectivity index (χ1v) is 19.2. The van der Waals surface area contributed by atoms with Gasteiger partial charge in [-0.1, -0.05) is 90.6 Å².